The number of carbonyl (C=O) groups excluding carboxylic acids is 2. The first-order valence-electron chi connectivity index (χ1n) is 11.9. The number of hydrogen-bond donors (Lipinski definition) is 4. The molecule has 0 saturated heterocycles. The number of hydrazine groups is 1. The van der Waals surface area contributed by atoms with E-state index in [0.29, 0.717) is 12.1 Å². The van der Waals surface area contributed by atoms with Gasteiger partial charge in [-0.1, -0.05) is 48.5 Å². The monoisotopic (exact) mass is 601 g/mol. The molecule has 4 aromatic rings. The number of nitrogens with one attached hydrogen (secondary N) is 2. The largest absolute Gasteiger partial charge is 0.452 e. The summed E-state index contributed by atoms with van der Waals surface area (Å²) in [6.45, 7) is 0. The van der Waals surface area contributed by atoms with Crippen molar-refractivity contribution in [1.82, 2.24) is 15.3 Å². The van der Waals surface area contributed by atoms with Crippen LogP contribution in [0.15, 0.2) is 77.5 Å². The van der Waals surface area contributed by atoms with E-state index in [1.807, 2.05) is 57.9 Å². The number of benzene rings is 2. The summed E-state index contributed by atoms with van der Waals surface area (Å²) >= 11 is 2.99. The van der Waals surface area contributed by atoms with Gasteiger partial charge in [0.15, 0.2) is 0 Å². The molecule has 0 aliphatic carbocycles. The third kappa shape index (κ3) is 7.86. The smallest absolute Gasteiger partial charge is 0.424 e. The number of rotatable bonds is 11. The summed E-state index contributed by atoms with van der Waals surface area (Å²) in [6, 6.07) is 17.7. The molecular formula is C26H27N5O6S3. The van der Waals surface area contributed by atoms with Crippen LogP contribution >= 0.6 is 22.7 Å². The fourth-order valence-electron chi connectivity index (χ4n) is 3.94. The number of methoxy groups -OCH3 is 1. The number of ether oxygens (including phenoxy) is 1. The van der Waals surface area contributed by atoms with Crippen LogP contribution in [0.3, 0.4) is 0 Å². The van der Waals surface area contributed by atoms with Crippen molar-refractivity contribution in [3.05, 3.63) is 94.3 Å². The fraction of sp³-hybridized carbons (Fsp3) is 0.192. The van der Waals surface area contributed by atoms with E-state index < -0.39 is 34.4 Å². The SMILES string of the molecule is COC(=O)N(N)[C@@H](Cc1ccccc1)C(=O)N[C@@H](Cc1ccc(NS(=O)(=O)O)cc1)c1csc(-c2cccs2)n1. The highest BCUT2D eigenvalue weighted by Crippen LogP contribution is 2.31. The zero-order valence-electron chi connectivity index (χ0n) is 21.3. The van der Waals surface area contributed by atoms with E-state index >= 15 is 0 Å². The number of nitrogens with zero attached hydrogens (tertiary/aromatic N) is 2. The molecule has 210 valence electrons. The van der Waals surface area contributed by atoms with Gasteiger partial charge in [0.25, 0.3) is 0 Å². The molecule has 0 spiro atoms. The zero-order chi connectivity index (χ0) is 28.7. The van der Waals surface area contributed by atoms with Crippen LogP contribution in [0.2, 0.25) is 0 Å². The lowest BCUT2D eigenvalue weighted by Crippen LogP contribution is -2.54. The lowest BCUT2D eigenvalue weighted by Gasteiger charge is -2.27. The Morgan fingerprint density at radius 2 is 1.73 bits per heavy atom. The summed E-state index contributed by atoms with van der Waals surface area (Å²) in [6.07, 6.45) is -0.409. The molecule has 2 amide bonds. The minimum Gasteiger partial charge on any atom is -0.452 e. The highest BCUT2D eigenvalue weighted by atomic mass is 32.2. The van der Waals surface area contributed by atoms with Gasteiger partial charge in [-0.3, -0.25) is 14.1 Å². The molecule has 0 aliphatic rings. The molecule has 40 heavy (non-hydrogen) atoms. The van der Waals surface area contributed by atoms with Crippen molar-refractivity contribution in [2.45, 2.75) is 24.9 Å². The predicted octanol–water partition coefficient (Wildman–Crippen LogP) is 4.04. The van der Waals surface area contributed by atoms with Crippen molar-refractivity contribution in [2.24, 2.45) is 5.84 Å². The van der Waals surface area contributed by atoms with Gasteiger partial charge in [-0.2, -0.15) is 8.42 Å². The first kappa shape index (κ1) is 29.2. The maximum Gasteiger partial charge on any atom is 0.424 e. The number of thiophene rings is 1. The first-order valence-corrected chi connectivity index (χ1v) is 15.1. The van der Waals surface area contributed by atoms with Gasteiger partial charge in [0.1, 0.15) is 11.0 Å². The van der Waals surface area contributed by atoms with Crippen molar-refractivity contribution in [3.63, 3.8) is 0 Å². The van der Waals surface area contributed by atoms with Crippen LogP contribution in [0.4, 0.5) is 10.5 Å². The number of thiazole rings is 1. The van der Waals surface area contributed by atoms with Gasteiger partial charge in [-0.25, -0.2) is 20.6 Å². The summed E-state index contributed by atoms with van der Waals surface area (Å²) in [5, 5.41) is 8.39. The standard InChI is InChI=1S/C26H27N5O6S3/c1-37-26(33)31(27)22(15-17-6-3-2-4-7-17)24(32)28-20(21-16-39-25(29-21)23-8-5-13-38-23)14-18-9-11-19(12-10-18)30-40(34,35)36/h2-13,16,20,22,30H,14-15,27H2,1H3,(H,28,32)(H,34,35,36)/t20-,22-/m0/s1. The number of carbonyl (C=O) groups is 2. The number of aromatic nitrogens is 1. The van der Waals surface area contributed by atoms with Crippen LogP contribution < -0.4 is 15.9 Å². The maximum absolute atomic E-state index is 13.7. The Hall–Kier alpha value is -3.82. The van der Waals surface area contributed by atoms with Gasteiger partial charge in [-0.05, 0) is 41.1 Å². The van der Waals surface area contributed by atoms with E-state index in [-0.39, 0.29) is 12.1 Å². The molecule has 14 heteroatoms. The summed E-state index contributed by atoms with van der Waals surface area (Å²) in [5.41, 5.74) is 2.35. The summed E-state index contributed by atoms with van der Waals surface area (Å²) < 4.78 is 38.1. The molecule has 2 atom stereocenters. The number of amides is 2. The average Bonchev–Trinajstić information content (AvgIpc) is 3.64. The average molecular weight is 602 g/mol. The second-order valence-electron chi connectivity index (χ2n) is 8.68. The molecule has 0 bridgehead atoms. The van der Waals surface area contributed by atoms with E-state index in [9.17, 15) is 18.0 Å². The minimum atomic E-state index is -4.41. The van der Waals surface area contributed by atoms with Crippen molar-refractivity contribution < 1.29 is 27.3 Å². The Bertz CT molecular complexity index is 1530. The van der Waals surface area contributed by atoms with Crippen LogP contribution in [0, 0.1) is 0 Å². The van der Waals surface area contributed by atoms with Gasteiger partial charge >= 0.3 is 16.4 Å². The maximum atomic E-state index is 13.7. The fourth-order valence-corrected chi connectivity index (χ4v) is 6.06. The molecule has 2 heterocycles. The highest BCUT2D eigenvalue weighted by Gasteiger charge is 2.31. The molecule has 11 nitrogen and oxygen atoms in total. The van der Waals surface area contributed by atoms with Crippen LogP contribution in [0.25, 0.3) is 9.88 Å². The first-order chi connectivity index (χ1) is 19.1. The topological polar surface area (TPSA) is 164 Å². The summed E-state index contributed by atoms with van der Waals surface area (Å²) in [4.78, 5) is 31.7. The molecule has 0 fully saturated rings. The van der Waals surface area contributed by atoms with Crippen LogP contribution in [0.5, 0.6) is 0 Å². The van der Waals surface area contributed by atoms with Crippen LogP contribution in [0.1, 0.15) is 22.9 Å². The van der Waals surface area contributed by atoms with E-state index in [2.05, 4.69) is 5.32 Å². The lowest BCUT2D eigenvalue weighted by molar-refractivity contribution is -0.126. The van der Waals surface area contributed by atoms with Crippen LogP contribution in [-0.2, 0) is 32.7 Å². The zero-order valence-corrected chi connectivity index (χ0v) is 23.7. The van der Waals surface area contributed by atoms with Crippen molar-refractivity contribution in [1.29, 1.82) is 0 Å². The lowest BCUT2D eigenvalue weighted by atomic mass is 10.0. The molecule has 2 aromatic heterocycles. The highest BCUT2D eigenvalue weighted by molar-refractivity contribution is 7.87. The molecule has 0 unspecified atom stereocenters. The van der Waals surface area contributed by atoms with Gasteiger partial charge < -0.3 is 10.1 Å². The number of nitrogens with two attached hydrogens (primary N) is 1. The third-order valence-electron chi connectivity index (χ3n) is 5.86. The summed E-state index contributed by atoms with van der Waals surface area (Å²) in [7, 11) is -3.23. The Morgan fingerprint density at radius 1 is 1.02 bits per heavy atom. The normalized spacial score (nSPS) is 12.8. The predicted molar refractivity (Wildman–Crippen MR) is 154 cm³/mol. The molecule has 5 N–H and O–H groups in total. The van der Waals surface area contributed by atoms with Crippen molar-refractivity contribution in [3.8, 4) is 9.88 Å². The van der Waals surface area contributed by atoms with Crippen molar-refractivity contribution >= 4 is 50.7 Å². The molecule has 0 aliphatic heterocycles. The molecule has 4 rings (SSSR count). The molecule has 2 aromatic carbocycles. The van der Waals surface area contributed by atoms with E-state index in [1.165, 1.54) is 30.6 Å². The van der Waals surface area contributed by atoms with Gasteiger partial charge in [-0.15, -0.1) is 22.7 Å². The Labute approximate surface area is 239 Å². The third-order valence-corrected chi connectivity index (χ3v) is 8.26. The van der Waals surface area contributed by atoms with Gasteiger partial charge in [0, 0.05) is 11.8 Å². The van der Waals surface area contributed by atoms with E-state index in [1.54, 1.807) is 23.5 Å². The number of anilines is 1. The second-order valence-corrected chi connectivity index (χ2v) is 11.6. The molecule has 0 saturated carbocycles. The summed E-state index contributed by atoms with van der Waals surface area (Å²) in [5.74, 6) is 5.53. The van der Waals surface area contributed by atoms with Gasteiger partial charge in [0.05, 0.1) is 29.4 Å². The van der Waals surface area contributed by atoms with Gasteiger partial charge in [0.2, 0.25) is 5.91 Å². The Kier molecular flexibility index (Phi) is 9.50. The molecular weight excluding hydrogens is 575 g/mol. The molecule has 0 radical (unpaired) electrons. The minimum absolute atomic E-state index is 0.151. The Morgan fingerprint density at radius 3 is 2.35 bits per heavy atom. The quantitative estimate of drug-likeness (QED) is 0.0866. The van der Waals surface area contributed by atoms with E-state index in [0.717, 1.165) is 26.0 Å². The van der Waals surface area contributed by atoms with E-state index in [4.69, 9.17) is 20.1 Å². The van der Waals surface area contributed by atoms with Crippen LogP contribution in [-0.4, -0.2) is 48.1 Å². The van der Waals surface area contributed by atoms with Crippen molar-refractivity contribution in [2.75, 3.05) is 11.8 Å². The number of hydrogen-bond acceptors (Lipinski definition) is 9. The Balaban J connectivity index is 1.62. The second kappa shape index (κ2) is 13.0.